The van der Waals surface area contributed by atoms with E-state index in [2.05, 4.69) is 44.3 Å². The van der Waals surface area contributed by atoms with Gasteiger partial charge in [0.15, 0.2) is 17.2 Å². The second-order valence-electron chi connectivity index (χ2n) is 7.83. The van der Waals surface area contributed by atoms with E-state index in [0.29, 0.717) is 22.8 Å². The normalized spacial score (nSPS) is 12.9. The predicted octanol–water partition coefficient (Wildman–Crippen LogP) is 2.34. The van der Waals surface area contributed by atoms with Crippen LogP contribution in [0.1, 0.15) is 21.6 Å². The van der Waals surface area contributed by atoms with Gasteiger partial charge in [0.05, 0.1) is 13.7 Å². The molecule has 10 heteroatoms. The molecule has 4 heterocycles. The number of carbonyl (C=O) groups is 1. The highest BCUT2D eigenvalue weighted by Crippen LogP contribution is 2.22. The van der Waals surface area contributed by atoms with Crippen molar-refractivity contribution in [1.29, 1.82) is 0 Å². The number of ether oxygens (including phenoxy) is 1. The van der Waals surface area contributed by atoms with E-state index in [1.54, 1.807) is 29.0 Å². The molecule has 1 aromatic carbocycles. The van der Waals surface area contributed by atoms with Gasteiger partial charge in [0, 0.05) is 18.4 Å². The Hall–Kier alpha value is -4.31. The molecule has 0 unspecified atom stereocenters. The highest BCUT2D eigenvalue weighted by Gasteiger charge is 2.19. The number of aromatic nitrogens is 5. The van der Waals surface area contributed by atoms with Gasteiger partial charge in [0.2, 0.25) is 5.95 Å². The Balaban J connectivity index is 1.61. The number of nitrogens with zero attached hydrogens (tertiary/aromatic N) is 5. The van der Waals surface area contributed by atoms with Gasteiger partial charge < -0.3 is 15.4 Å². The van der Waals surface area contributed by atoms with Crippen LogP contribution in [0.4, 0.5) is 11.6 Å². The Kier molecular flexibility index (Phi) is 5.64. The lowest BCUT2D eigenvalue weighted by Crippen LogP contribution is -2.23. The monoisotopic (exact) mass is 457 g/mol. The van der Waals surface area contributed by atoms with Crippen LogP contribution in [-0.4, -0.2) is 43.9 Å². The van der Waals surface area contributed by atoms with Gasteiger partial charge in [-0.1, -0.05) is 18.2 Å². The lowest BCUT2D eigenvalue weighted by atomic mass is 10.0. The van der Waals surface area contributed by atoms with Gasteiger partial charge in [0.1, 0.15) is 5.39 Å². The standard InChI is InChI=1S/C24H23N7O3/c1-3-11-30-22(32)18-14-26-24(27-17-8-7-15-9-10-25-13-16(15)12-17)29-21(18)31(30)20-6-4-5-19(28-20)23(33)34-2/h3-8,12,14,25H,1,9-11,13H2,2H3,(H,26,27,29). The minimum atomic E-state index is -0.574. The molecule has 0 aliphatic carbocycles. The molecular weight excluding hydrogens is 434 g/mol. The van der Waals surface area contributed by atoms with Crippen molar-refractivity contribution < 1.29 is 9.53 Å². The summed E-state index contributed by atoms with van der Waals surface area (Å²) < 4.78 is 7.80. The number of hydrogen-bond donors (Lipinski definition) is 2. The maximum absolute atomic E-state index is 13.1. The summed E-state index contributed by atoms with van der Waals surface area (Å²) >= 11 is 0. The predicted molar refractivity (Wildman–Crippen MR) is 128 cm³/mol. The average molecular weight is 457 g/mol. The third-order valence-electron chi connectivity index (χ3n) is 5.67. The number of methoxy groups -OCH3 is 1. The molecule has 34 heavy (non-hydrogen) atoms. The summed E-state index contributed by atoms with van der Waals surface area (Å²) in [6, 6.07) is 11.1. The summed E-state index contributed by atoms with van der Waals surface area (Å²) in [5.74, 6) is 0.112. The Morgan fingerprint density at radius 1 is 1.26 bits per heavy atom. The maximum atomic E-state index is 13.1. The van der Waals surface area contributed by atoms with Gasteiger partial charge in [-0.15, -0.1) is 6.58 Å². The van der Waals surface area contributed by atoms with Crippen molar-refractivity contribution >= 4 is 28.6 Å². The van der Waals surface area contributed by atoms with E-state index in [4.69, 9.17) is 4.74 Å². The van der Waals surface area contributed by atoms with Gasteiger partial charge in [-0.25, -0.2) is 24.1 Å². The minimum absolute atomic E-state index is 0.120. The van der Waals surface area contributed by atoms with Gasteiger partial charge >= 0.3 is 5.97 Å². The van der Waals surface area contributed by atoms with Crippen molar-refractivity contribution in [3.05, 3.63) is 82.4 Å². The van der Waals surface area contributed by atoms with Gasteiger partial charge in [0.25, 0.3) is 5.56 Å². The van der Waals surface area contributed by atoms with Crippen LogP contribution in [0.15, 0.2) is 60.0 Å². The Bertz CT molecular complexity index is 1470. The molecule has 4 aromatic rings. The number of nitrogens with one attached hydrogen (secondary N) is 2. The highest BCUT2D eigenvalue weighted by molar-refractivity contribution is 5.87. The van der Waals surface area contributed by atoms with Crippen LogP contribution in [0, 0.1) is 0 Å². The van der Waals surface area contributed by atoms with Crippen LogP contribution < -0.4 is 16.2 Å². The van der Waals surface area contributed by atoms with Crippen molar-refractivity contribution in [1.82, 2.24) is 29.6 Å². The number of carbonyl (C=O) groups excluding carboxylic acids is 1. The SMILES string of the molecule is C=CCn1c(=O)c2cnc(Nc3ccc4c(c3)CNCC4)nc2n1-c1cccc(C(=O)OC)n1. The third kappa shape index (κ3) is 3.84. The molecule has 0 spiro atoms. The largest absolute Gasteiger partial charge is 0.464 e. The van der Waals surface area contributed by atoms with E-state index < -0.39 is 5.97 Å². The zero-order valence-electron chi connectivity index (χ0n) is 18.6. The summed E-state index contributed by atoms with van der Waals surface area (Å²) in [7, 11) is 1.29. The fourth-order valence-electron chi connectivity index (χ4n) is 4.06. The molecule has 1 aliphatic heterocycles. The summed E-state index contributed by atoms with van der Waals surface area (Å²) in [4.78, 5) is 38.5. The number of esters is 1. The highest BCUT2D eigenvalue weighted by atomic mass is 16.5. The zero-order valence-corrected chi connectivity index (χ0v) is 18.6. The summed E-state index contributed by atoms with van der Waals surface area (Å²) in [6.45, 7) is 5.76. The molecule has 10 nitrogen and oxygen atoms in total. The van der Waals surface area contributed by atoms with E-state index in [1.807, 2.05) is 6.07 Å². The van der Waals surface area contributed by atoms with E-state index in [-0.39, 0.29) is 17.8 Å². The molecule has 0 atom stereocenters. The molecule has 0 amide bonds. The van der Waals surface area contributed by atoms with Crippen molar-refractivity contribution in [2.24, 2.45) is 0 Å². The molecule has 2 N–H and O–H groups in total. The Morgan fingerprint density at radius 2 is 2.15 bits per heavy atom. The molecule has 0 radical (unpaired) electrons. The van der Waals surface area contributed by atoms with Crippen LogP contribution in [0.2, 0.25) is 0 Å². The molecule has 0 saturated heterocycles. The van der Waals surface area contributed by atoms with E-state index in [1.165, 1.54) is 29.1 Å². The number of fused-ring (bicyclic) bond motifs is 2. The quantitative estimate of drug-likeness (QED) is 0.335. The number of rotatable bonds is 6. The second kappa shape index (κ2) is 8.91. The maximum Gasteiger partial charge on any atom is 0.356 e. The molecule has 1 aliphatic rings. The van der Waals surface area contributed by atoms with Crippen molar-refractivity contribution in [3.8, 4) is 5.82 Å². The smallest absolute Gasteiger partial charge is 0.356 e. The molecule has 172 valence electrons. The van der Waals surface area contributed by atoms with Crippen LogP contribution in [0.25, 0.3) is 16.9 Å². The first kappa shape index (κ1) is 21.5. The minimum Gasteiger partial charge on any atom is -0.464 e. The van der Waals surface area contributed by atoms with Gasteiger partial charge in [-0.2, -0.15) is 4.98 Å². The molecule has 0 saturated carbocycles. The molecule has 0 fully saturated rings. The zero-order chi connectivity index (χ0) is 23.7. The summed E-state index contributed by atoms with van der Waals surface area (Å²) in [6.07, 6.45) is 4.10. The van der Waals surface area contributed by atoms with Crippen LogP contribution in [0.3, 0.4) is 0 Å². The Morgan fingerprint density at radius 3 is 2.97 bits per heavy atom. The fourth-order valence-corrected chi connectivity index (χ4v) is 4.06. The van der Waals surface area contributed by atoms with Crippen LogP contribution >= 0.6 is 0 Å². The second-order valence-corrected chi connectivity index (χ2v) is 7.83. The lowest BCUT2D eigenvalue weighted by molar-refractivity contribution is 0.0594. The number of pyridine rings is 1. The fraction of sp³-hybridized carbons (Fsp3) is 0.208. The van der Waals surface area contributed by atoms with Crippen LogP contribution in [0.5, 0.6) is 0 Å². The number of benzene rings is 1. The first-order chi connectivity index (χ1) is 16.6. The third-order valence-corrected chi connectivity index (χ3v) is 5.67. The topological polar surface area (TPSA) is 116 Å². The molecular formula is C24H23N7O3. The number of anilines is 2. The summed E-state index contributed by atoms with van der Waals surface area (Å²) in [5.41, 5.74) is 3.61. The van der Waals surface area contributed by atoms with Gasteiger partial charge in [-0.3, -0.25) is 4.79 Å². The lowest BCUT2D eigenvalue weighted by Gasteiger charge is -2.18. The Labute approximate surface area is 194 Å². The van der Waals surface area contributed by atoms with Crippen molar-refractivity contribution in [2.45, 2.75) is 19.5 Å². The molecule has 3 aromatic heterocycles. The van der Waals surface area contributed by atoms with Crippen LogP contribution in [-0.2, 0) is 24.2 Å². The van der Waals surface area contributed by atoms with Gasteiger partial charge in [-0.05, 0) is 48.4 Å². The van der Waals surface area contributed by atoms with E-state index in [0.717, 1.165) is 25.2 Å². The first-order valence-corrected chi connectivity index (χ1v) is 10.8. The van der Waals surface area contributed by atoms with Crippen molar-refractivity contribution in [2.75, 3.05) is 19.0 Å². The van der Waals surface area contributed by atoms with E-state index in [9.17, 15) is 9.59 Å². The van der Waals surface area contributed by atoms with E-state index >= 15 is 0 Å². The molecule has 0 bridgehead atoms. The first-order valence-electron chi connectivity index (χ1n) is 10.8. The summed E-state index contributed by atoms with van der Waals surface area (Å²) in [5, 5.41) is 6.93. The molecule has 5 rings (SSSR count). The number of allylic oxidation sites excluding steroid dienone is 1. The van der Waals surface area contributed by atoms with Crippen molar-refractivity contribution in [3.63, 3.8) is 0 Å². The number of hydrogen-bond acceptors (Lipinski definition) is 8. The average Bonchev–Trinajstić information content (AvgIpc) is 3.14.